The van der Waals surface area contributed by atoms with Gasteiger partial charge in [0.25, 0.3) is 5.91 Å². The summed E-state index contributed by atoms with van der Waals surface area (Å²) < 4.78 is 0. The molecule has 3 rings (SSSR count). The first-order chi connectivity index (χ1) is 11.6. The van der Waals surface area contributed by atoms with E-state index in [-0.39, 0.29) is 11.8 Å². The Hall–Kier alpha value is -2.56. The Labute approximate surface area is 141 Å². The number of aryl methyl sites for hydroxylation is 2. The van der Waals surface area contributed by atoms with Crippen molar-refractivity contribution in [1.29, 1.82) is 0 Å². The summed E-state index contributed by atoms with van der Waals surface area (Å²) in [5, 5.41) is 8.14. The van der Waals surface area contributed by atoms with Crippen LogP contribution in [0, 0.1) is 0 Å². The van der Waals surface area contributed by atoms with Gasteiger partial charge in [-0.15, -0.1) is 0 Å². The van der Waals surface area contributed by atoms with Gasteiger partial charge in [-0.05, 0) is 43.9 Å². The smallest absolute Gasteiger partial charge is 0.291 e. The largest absolute Gasteiger partial charge is 0.333 e. The summed E-state index contributed by atoms with van der Waals surface area (Å²) in [5.41, 5.74) is 2.89. The van der Waals surface area contributed by atoms with Gasteiger partial charge < -0.3 is 4.90 Å². The summed E-state index contributed by atoms with van der Waals surface area (Å²) in [7, 11) is 0. The maximum absolute atomic E-state index is 12.3. The molecule has 0 N–H and O–H groups in total. The van der Waals surface area contributed by atoms with Crippen LogP contribution < -0.4 is 0 Å². The molecule has 0 saturated carbocycles. The fraction of sp³-hybridized carbons (Fsp3) is 0.368. The Kier molecular flexibility index (Phi) is 4.69. The zero-order valence-electron chi connectivity index (χ0n) is 14.0. The van der Waals surface area contributed by atoms with E-state index in [9.17, 15) is 9.59 Å². The van der Waals surface area contributed by atoms with Crippen LogP contribution in [0.25, 0.3) is 0 Å². The second kappa shape index (κ2) is 6.91. The molecule has 124 valence electrons. The van der Waals surface area contributed by atoms with Crippen LogP contribution in [0.1, 0.15) is 36.6 Å². The molecule has 1 aliphatic heterocycles. The average Bonchev–Trinajstić information content (AvgIpc) is 2.90. The van der Waals surface area contributed by atoms with Gasteiger partial charge in [0.05, 0.1) is 17.8 Å². The zero-order chi connectivity index (χ0) is 17.1. The lowest BCUT2D eigenvalue weighted by molar-refractivity contribution is -0.141. The van der Waals surface area contributed by atoms with Crippen LogP contribution in [0.3, 0.4) is 0 Å². The van der Waals surface area contributed by atoms with Gasteiger partial charge in [0.15, 0.2) is 0 Å². The van der Waals surface area contributed by atoms with E-state index in [0.717, 1.165) is 18.4 Å². The highest BCUT2D eigenvalue weighted by Crippen LogP contribution is 2.25. The second-order valence-electron chi connectivity index (χ2n) is 6.44. The van der Waals surface area contributed by atoms with Crippen molar-refractivity contribution in [2.24, 2.45) is 0 Å². The van der Waals surface area contributed by atoms with E-state index in [1.54, 1.807) is 11.1 Å². The van der Waals surface area contributed by atoms with E-state index in [1.807, 2.05) is 38.1 Å². The quantitative estimate of drug-likeness (QED) is 0.791. The first-order valence-corrected chi connectivity index (χ1v) is 8.26. The second-order valence-corrected chi connectivity index (χ2v) is 6.44. The molecule has 1 amide bonds. The summed E-state index contributed by atoms with van der Waals surface area (Å²) in [5.74, 6) is -1.28. The predicted octanol–water partition coefficient (Wildman–Crippen LogP) is 2.17. The van der Waals surface area contributed by atoms with Gasteiger partial charge in [0, 0.05) is 12.6 Å². The Balaban J connectivity index is 1.73. The topological polar surface area (TPSA) is 63.2 Å². The molecule has 2 heterocycles. The molecular formula is C19H21N3O2. The Morgan fingerprint density at radius 3 is 2.50 bits per heavy atom. The number of nitrogens with zero attached hydrogens (tertiary/aromatic N) is 3. The van der Waals surface area contributed by atoms with Crippen molar-refractivity contribution >= 4 is 11.7 Å². The monoisotopic (exact) mass is 323 g/mol. The van der Waals surface area contributed by atoms with Crippen molar-refractivity contribution in [2.75, 3.05) is 6.54 Å². The number of carbonyl (C=O) groups is 2. The van der Waals surface area contributed by atoms with Gasteiger partial charge >= 0.3 is 0 Å². The van der Waals surface area contributed by atoms with Gasteiger partial charge in [-0.3, -0.25) is 9.59 Å². The zero-order valence-corrected chi connectivity index (χ0v) is 14.0. The minimum absolute atomic E-state index is 0.0145. The molecule has 1 atom stereocenters. The average molecular weight is 323 g/mol. The van der Waals surface area contributed by atoms with Crippen LogP contribution in [0.15, 0.2) is 42.6 Å². The number of hydrogen-bond acceptors (Lipinski definition) is 4. The van der Waals surface area contributed by atoms with Gasteiger partial charge in [0.1, 0.15) is 0 Å². The fourth-order valence-corrected chi connectivity index (χ4v) is 2.99. The van der Waals surface area contributed by atoms with Crippen LogP contribution in [0.4, 0.5) is 0 Å². The van der Waals surface area contributed by atoms with Gasteiger partial charge in [-0.1, -0.05) is 30.3 Å². The van der Waals surface area contributed by atoms with Crippen molar-refractivity contribution in [3.8, 4) is 0 Å². The van der Waals surface area contributed by atoms with Crippen molar-refractivity contribution in [3.63, 3.8) is 0 Å². The summed E-state index contributed by atoms with van der Waals surface area (Å²) in [6.07, 6.45) is 3.46. The lowest BCUT2D eigenvalue weighted by Crippen LogP contribution is -2.33. The Morgan fingerprint density at radius 1 is 1.12 bits per heavy atom. The molecule has 0 radical (unpaired) electrons. The molecule has 0 spiro atoms. The van der Waals surface area contributed by atoms with Crippen molar-refractivity contribution in [2.45, 2.75) is 38.6 Å². The standard InChI is InChI=1S/C19H21N3O2/c1-13(2)22-12-16(18(23)19(22)24)17-10-15(11-20-21-17)9-8-14-6-4-3-5-7-14/h3-7,10-11,13,16H,8-9,12H2,1-2H3. The maximum Gasteiger partial charge on any atom is 0.291 e. The maximum atomic E-state index is 12.3. The van der Waals surface area contributed by atoms with E-state index in [0.29, 0.717) is 12.2 Å². The van der Waals surface area contributed by atoms with Gasteiger partial charge in [0.2, 0.25) is 5.78 Å². The van der Waals surface area contributed by atoms with Crippen molar-refractivity contribution < 1.29 is 9.59 Å². The molecule has 5 heteroatoms. The molecule has 1 unspecified atom stereocenters. The fourth-order valence-electron chi connectivity index (χ4n) is 2.99. The number of ketones is 1. The highest BCUT2D eigenvalue weighted by molar-refractivity contribution is 6.40. The molecule has 2 aromatic rings. The third-order valence-electron chi connectivity index (χ3n) is 4.42. The van der Waals surface area contributed by atoms with E-state index >= 15 is 0 Å². The number of Topliss-reactive ketones (excluding diaryl/α,β-unsaturated/α-hetero) is 1. The van der Waals surface area contributed by atoms with Gasteiger partial charge in [-0.25, -0.2) is 0 Å². The van der Waals surface area contributed by atoms with Crippen molar-refractivity contribution in [3.05, 3.63) is 59.4 Å². The third-order valence-corrected chi connectivity index (χ3v) is 4.42. The first-order valence-electron chi connectivity index (χ1n) is 8.26. The summed E-state index contributed by atoms with van der Waals surface area (Å²) in [4.78, 5) is 25.9. The van der Waals surface area contributed by atoms with Crippen molar-refractivity contribution in [1.82, 2.24) is 15.1 Å². The number of benzene rings is 1. The van der Waals surface area contributed by atoms with E-state index < -0.39 is 11.8 Å². The van der Waals surface area contributed by atoms with Crippen LogP contribution in [-0.4, -0.2) is 39.4 Å². The van der Waals surface area contributed by atoms with Crippen LogP contribution >= 0.6 is 0 Å². The molecule has 1 saturated heterocycles. The number of hydrogen-bond donors (Lipinski definition) is 0. The molecule has 1 aromatic carbocycles. The van der Waals surface area contributed by atoms with Crippen LogP contribution in [-0.2, 0) is 22.4 Å². The van der Waals surface area contributed by atoms with Gasteiger partial charge in [-0.2, -0.15) is 10.2 Å². The number of likely N-dealkylation sites (tertiary alicyclic amines) is 1. The Morgan fingerprint density at radius 2 is 1.83 bits per heavy atom. The molecule has 24 heavy (non-hydrogen) atoms. The highest BCUT2D eigenvalue weighted by atomic mass is 16.2. The molecule has 1 aliphatic rings. The molecular weight excluding hydrogens is 302 g/mol. The predicted molar refractivity (Wildman–Crippen MR) is 90.5 cm³/mol. The number of rotatable bonds is 5. The molecule has 0 aliphatic carbocycles. The Bertz CT molecular complexity index is 743. The van der Waals surface area contributed by atoms with E-state index in [2.05, 4.69) is 22.3 Å². The first kappa shape index (κ1) is 16.3. The molecule has 1 fully saturated rings. The molecule has 5 nitrogen and oxygen atoms in total. The van der Waals surface area contributed by atoms with Crippen LogP contribution in [0.5, 0.6) is 0 Å². The molecule has 1 aromatic heterocycles. The van der Waals surface area contributed by atoms with E-state index in [1.165, 1.54) is 5.56 Å². The minimum Gasteiger partial charge on any atom is -0.333 e. The minimum atomic E-state index is -0.496. The SMILES string of the molecule is CC(C)N1CC(c2cc(CCc3ccccc3)cnn2)C(=O)C1=O. The number of aromatic nitrogens is 2. The summed E-state index contributed by atoms with van der Waals surface area (Å²) >= 11 is 0. The molecule has 0 bridgehead atoms. The number of carbonyl (C=O) groups excluding carboxylic acids is 2. The lowest BCUT2D eigenvalue weighted by atomic mass is 10.00. The normalized spacial score (nSPS) is 17.8. The highest BCUT2D eigenvalue weighted by Gasteiger charge is 2.41. The number of amides is 1. The van der Waals surface area contributed by atoms with E-state index in [4.69, 9.17) is 0 Å². The lowest BCUT2D eigenvalue weighted by Gasteiger charge is -2.19. The van der Waals surface area contributed by atoms with Crippen LogP contribution in [0.2, 0.25) is 0 Å². The summed E-state index contributed by atoms with van der Waals surface area (Å²) in [6.45, 7) is 4.22. The summed E-state index contributed by atoms with van der Waals surface area (Å²) in [6, 6.07) is 12.2. The third kappa shape index (κ3) is 3.35.